The van der Waals surface area contributed by atoms with Crippen LogP contribution in [0.5, 0.6) is 0 Å². The number of aryl methyl sites for hydroxylation is 1. The summed E-state index contributed by atoms with van der Waals surface area (Å²) in [5, 5.41) is 7.05. The number of carbonyl (C=O) groups is 2. The fourth-order valence-corrected chi connectivity index (χ4v) is 5.93. The molecule has 2 N–H and O–H groups in total. The molecule has 5 rings (SSSR count). The lowest BCUT2D eigenvalue weighted by Crippen LogP contribution is -2.49. The monoisotopic (exact) mass is 534 g/mol. The Bertz CT molecular complexity index is 1310. The number of rotatable bonds is 6. The van der Waals surface area contributed by atoms with Gasteiger partial charge in [0.2, 0.25) is 5.91 Å². The number of fused-ring (bicyclic) bond motifs is 1. The molecular weight excluding hydrogens is 504 g/mol. The molecule has 1 fully saturated rings. The molecule has 2 heterocycles. The molecule has 1 atom stereocenters. The van der Waals surface area contributed by atoms with Crippen LogP contribution in [0.4, 0.5) is 17.1 Å². The maximum Gasteiger partial charge on any atom is 0.254 e. The highest BCUT2D eigenvalue weighted by atomic mass is 35.5. The smallest absolute Gasteiger partial charge is 0.254 e. The van der Waals surface area contributed by atoms with Gasteiger partial charge >= 0.3 is 0 Å². The molecule has 2 aliphatic heterocycles. The van der Waals surface area contributed by atoms with Gasteiger partial charge in [0.1, 0.15) is 6.04 Å². The molecule has 192 valence electrons. The summed E-state index contributed by atoms with van der Waals surface area (Å²) in [5.74, 6) is 1.36. The molecule has 0 bridgehead atoms. The largest absolute Gasteiger partial charge is 0.371 e. The van der Waals surface area contributed by atoms with Crippen LogP contribution < -0.4 is 15.5 Å². The number of halogens is 1. The van der Waals surface area contributed by atoms with Crippen molar-refractivity contribution in [1.82, 2.24) is 4.90 Å². The maximum atomic E-state index is 13.3. The Balaban J connectivity index is 1.17. The normalized spacial score (nSPS) is 17.2. The Morgan fingerprint density at radius 1 is 1.00 bits per heavy atom. The lowest BCUT2D eigenvalue weighted by molar-refractivity contribution is -0.116. The maximum absolute atomic E-state index is 13.3. The third kappa shape index (κ3) is 5.73. The van der Waals surface area contributed by atoms with E-state index in [9.17, 15) is 9.59 Å². The van der Waals surface area contributed by atoms with E-state index >= 15 is 0 Å². The molecule has 0 saturated carbocycles. The predicted octanol–water partition coefficient (Wildman–Crippen LogP) is 5.59. The molecular formula is C29H31ClN4O2S. The van der Waals surface area contributed by atoms with Crippen molar-refractivity contribution in [3.05, 3.63) is 87.9 Å². The van der Waals surface area contributed by atoms with Crippen molar-refractivity contribution in [1.29, 1.82) is 0 Å². The molecule has 0 unspecified atom stereocenters. The molecule has 2 amide bonds. The first-order chi connectivity index (χ1) is 17.9. The van der Waals surface area contributed by atoms with Crippen LogP contribution in [0.2, 0.25) is 5.02 Å². The van der Waals surface area contributed by atoms with Gasteiger partial charge in [0.15, 0.2) is 0 Å². The minimum atomic E-state index is -0.329. The number of carbonyl (C=O) groups excluding carboxylic acids is 2. The summed E-state index contributed by atoms with van der Waals surface area (Å²) < 4.78 is 0. The van der Waals surface area contributed by atoms with Crippen LogP contribution in [0.25, 0.3) is 0 Å². The zero-order valence-corrected chi connectivity index (χ0v) is 22.7. The number of nitrogens with one attached hydrogen (secondary N) is 2. The van der Waals surface area contributed by atoms with Crippen LogP contribution in [-0.4, -0.2) is 54.7 Å². The minimum absolute atomic E-state index is 0.00157. The number of piperazine rings is 1. The Morgan fingerprint density at radius 3 is 2.51 bits per heavy atom. The van der Waals surface area contributed by atoms with Gasteiger partial charge in [-0.1, -0.05) is 35.9 Å². The lowest BCUT2D eigenvalue weighted by Gasteiger charge is -2.37. The highest BCUT2D eigenvalue weighted by molar-refractivity contribution is 7.98. The molecule has 1 saturated heterocycles. The van der Waals surface area contributed by atoms with E-state index in [0.29, 0.717) is 30.1 Å². The van der Waals surface area contributed by atoms with Crippen molar-refractivity contribution in [3.8, 4) is 0 Å². The minimum Gasteiger partial charge on any atom is -0.371 e. The summed E-state index contributed by atoms with van der Waals surface area (Å²) in [6.45, 7) is 7.22. The number of thioether (sulfide) groups is 1. The highest BCUT2D eigenvalue weighted by Crippen LogP contribution is 2.30. The Morgan fingerprint density at radius 2 is 1.76 bits per heavy atom. The first kappa shape index (κ1) is 25.5. The van der Waals surface area contributed by atoms with Gasteiger partial charge in [0.25, 0.3) is 5.91 Å². The summed E-state index contributed by atoms with van der Waals surface area (Å²) in [7, 11) is 0. The predicted molar refractivity (Wildman–Crippen MR) is 154 cm³/mol. The van der Waals surface area contributed by atoms with Crippen LogP contribution in [0.3, 0.4) is 0 Å². The van der Waals surface area contributed by atoms with Crippen LogP contribution in [0.1, 0.15) is 27.0 Å². The van der Waals surface area contributed by atoms with Crippen LogP contribution in [0.15, 0.2) is 60.7 Å². The van der Waals surface area contributed by atoms with Gasteiger partial charge in [-0.25, -0.2) is 0 Å². The molecule has 0 aromatic heterocycles. The zero-order valence-electron chi connectivity index (χ0n) is 21.1. The number of hydrogen-bond donors (Lipinski definition) is 2. The van der Waals surface area contributed by atoms with Gasteiger partial charge in [-0.3, -0.25) is 9.59 Å². The van der Waals surface area contributed by atoms with Crippen molar-refractivity contribution in [2.24, 2.45) is 0 Å². The topological polar surface area (TPSA) is 64.7 Å². The van der Waals surface area contributed by atoms with Gasteiger partial charge in [0, 0.05) is 54.0 Å². The van der Waals surface area contributed by atoms with Gasteiger partial charge in [0.05, 0.1) is 11.4 Å². The van der Waals surface area contributed by atoms with Crippen LogP contribution in [-0.2, 0) is 10.5 Å². The van der Waals surface area contributed by atoms with Crippen molar-refractivity contribution in [3.63, 3.8) is 0 Å². The van der Waals surface area contributed by atoms with Gasteiger partial charge in [-0.05, 0) is 66.9 Å². The first-order valence-corrected chi connectivity index (χ1v) is 14.1. The summed E-state index contributed by atoms with van der Waals surface area (Å²) in [6, 6.07) is 19.3. The molecule has 0 aliphatic carbocycles. The summed E-state index contributed by atoms with van der Waals surface area (Å²) in [6.07, 6.45) is 0. The van der Waals surface area contributed by atoms with Gasteiger partial charge < -0.3 is 20.4 Å². The Labute approximate surface area is 227 Å². The SMILES string of the molecule is Cc1cccc(N2CCN(C(=O)c3ccc4c(c3)NC(=O)[C@H](CSCc3ccc(Cl)cc3)N4)CC2)c1C. The van der Waals surface area contributed by atoms with Gasteiger partial charge in [-0.2, -0.15) is 11.8 Å². The van der Waals surface area contributed by atoms with E-state index < -0.39 is 0 Å². The molecule has 2 aliphatic rings. The second-order valence-corrected chi connectivity index (χ2v) is 11.1. The molecule has 3 aromatic rings. The second kappa shape index (κ2) is 11.1. The molecule has 8 heteroatoms. The number of amides is 2. The first-order valence-electron chi connectivity index (χ1n) is 12.5. The fourth-order valence-electron chi connectivity index (χ4n) is 4.78. The molecule has 37 heavy (non-hydrogen) atoms. The van der Waals surface area contributed by atoms with E-state index in [1.165, 1.54) is 22.4 Å². The Kier molecular flexibility index (Phi) is 7.63. The number of benzene rings is 3. The summed E-state index contributed by atoms with van der Waals surface area (Å²) in [5.41, 5.74) is 7.08. The summed E-state index contributed by atoms with van der Waals surface area (Å²) in [4.78, 5) is 30.3. The third-order valence-corrected chi connectivity index (χ3v) is 8.48. The van der Waals surface area contributed by atoms with E-state index in [0.717, 1.165) is 29.6 Å². The van der Waals surface area contributed by atoms with E-state index in [1.54, 1.807) is 17.8 Å². The zero-order chi connectivity index (χ0) is 25.9. The number of anilines is 3. The standard InChI is InChI=1S/C29H31ClN4O2S/c1-19-4-3-5-27(20(19)2)33-12-14-34(15-13-33)29(36)22-8-11-24-25(16-22)32-28(35)26(31-24)18-37-17-21-6-9-23(30)10-7-21/h3-11,16,26,31H,12-15,17-18H2,1-2H3,(H,32,35)/t26-/m0/s1. The van der Waals surface area contributed by atoms with Crippen molar-refractivity contribution >= 4 is 52.2 Å². The van der Waals surface area contributed by atoms with E-state index in [2.05, 4.69) is 47.6 Å². The lowest BCUT2D eigenvalue weighted by atomic mass is 10.1. The van der Waals surface area contributed by atoms with Gasteiger partial charge in [-0.15, -0.1) is 0 Å². The molecule has 0 spiro atoms. The number of nitrogens with zero attached hydrogens (tertiary/aromatic N) is 2. The fraction of sp³-hybridized carbons (Fsp3) is 0.310. The average molecular weight is 535 g/mol. The molecule has 6 nitrogen and oxygen atoms in total. The number of hydrogen-bond acceptors (Lipinski definition) is 5. The third-order valence-electron chi connectivity index (χ3n) is 7.12. The summed E-state index contributed by atoms with van der Waals surface area (Å²) >= 11 is 7.65. The molecule has 0 radical (unpaired) electrons. The van der Waals surface area contributed by atoms with Crippen molar-refractivity contribution < 1.29 is 9.59 Å². The van der Waals surface area contributed by atoms with Crippen molar-refractivity contribution in [2.45, 2.75) is 25.6 Å². The average Bonchev–Trinajstić information content (AvgIpc) is 2.91. The van der Waals surface area contributed by atoms with E-state index in [1.807, 2.05) is 41.3 Å². The second-order valence-electron chi connectivity index (χ2n) is 9.59. The van der Waals surface area contributed by atoms with Crippen molar-refractivity contribution in [2.75, 3.05) is 47.5 Å². The highest BCUT2D eigenvalue weighted by Gasteiger charge is 2.28. The quantitative estimate of drug-likeness (QED) is 0.432. The van der Waals surface area contributed by atoms with E-state index in [-0.39, 0.29) is 17.9 Å². The molecule has 3 aromatic carbocycles. The van der Waals surface area contributed by atoms with Crippen LogP contribution >= 0.6 is 23.4 Å². The van der Waals surface area contributed by atoms with Crippen LogP contribution in [0, 0.1) is 13.8 Å². The Hall–Kier alpha value is -3.16. The van der Waals surface area contributed by atoms with E-state index in [4.69, 9.17) is 11.6 Å².